The van der Waals surface area contributed by atoms with E-state index in [4.69, 9.17) is 9.47 Å². The number of aliphatic hydroxyl groups is 4. The lowest BCUT2D eigenvalue weighted by atomic mass is 9.99. The number of nitrogens with one attached hydrogen (secondary N) is 1. The number of aliphatic hydroxyl groups excluding tert-OH is 4. The molecule has 1 saturated heterocycles. The molecular weight excluding hydrogens is 430 g/mol. The molecule has 1 amide bonds. The van der Waals surface area contributed by atoms with Crippen LogP contribution in [0.3, 0.4) is 0 Å². The summed E-state index contributed by atoms with van der Waals surface area (Å²) in [5.74, 6) is -1.04. The Morgan fingerprint density at radius 2 is 1.73 bits per heavy atom. The van der Waals surface area contributed by atoms with Gasteiger partial charge in [-0.1, -0.05) is 43.7 Å². The summed E-state index contributed by atoms with van der Waals surface area (Å²) in [7, 11) is 0. The SMILES string of the molecule is CCCCc1ccc(CNC(=O)c2c(O)cccc2O[C@@H]2O[C@H](CO)[C@@H](O)[C@H](O)[C@H]2O)cc1. The maximum atomic E-state index is 12.8. The number of phenolic OH excluding ortho intramolecular Hbond substituents is 1. The number of amides is 1. The molecule has 33 heavy (non-hydrogen) atoms. The Balaban J connectivity index is 1.70. The number of unbranched alkanes of at least 4 members (excludes halogenated alkanes) is 1. The average molecular weight is 462 g/mol. The van der Waals surface area contributed by atoms with E-state index < -0.39 is 43.2 Å². The van der Waals surface area contributed by atoms with Gasteiger partial charge in [0.2, 0.25) is 6.29 Å². The van der Waals surface area contributed by atoms with Crippen LogP contribution in [-0.2, 0) is 17.7 Å². The summed E-state index contributed by atoms with van der Waals surface area (Å²) in [6.07, 6.45) is -4.23. The lowest BCUT2D eigenvalue weighted by molar-refractivity contribution is -0.277. The zero-order chi connectivity index (χ0) is 24.0. The highest BCUT2D eigenvalue weighted by Gasteiger charge is 2.45. The van der Waals surface area contributed by atoms with Crippen molar-refractivity contribution in [2.45, 2.75) is 63.4 Å². The fourth-order valence-electron chi connectivity index (χ4n) is 3.61. The third-order valence-electron chi connectivity index (χ3n) is 5.62. The smallest absolute Gasteiger partial charge is 0.259 e. The molecule has 2 aromatic carbocycles. The van der Waals surface area contributed by atoms with E-state index >= 15 is 0 Å². The van der Waals surface area contributed by atoms with E-state index in [0.717, 1.165) is 24.8 Å². The minimum absolute atomic E-state index is 0.0910. The van der Waals surface area contributed by atoms with E-state index in [1.165, 1.54) is 23.8 Å². The second-order valence-corrected chi connectivity index (χ2v) is 8.07. The van der Waals surface area contributed by atoms with E-state index in [9.17, 15) is 30.3 Å². The number of hydrogen-bond donors (Lipinski definition) is 6. The molecule has 0 bridgehead atoms. The number of ether oxygens (including phenoxy) is 2. The third kappa shape index (κ3) is 6.01. The first kappa shape index (κ1) is 24.9. The Kier molecular flexibility index (Phi) is 8.65. The molecule has 0 unspecified atom stereocenters. The van der Waals surface area contributed by atoms with Gasteiger partial charge in [-0.25, -0.2) is 0 Å². The van der Waals surface area contributed by atoms with Crippen molar-refractivity contribution in [2.75, 3.05) is 6.61 Å². The van der Waals surface area contributed by atoms with Crippen LogP contribution in [0.2, 0.25) is 0 Å². The fourth-order valence-corrected chi connectivity index (χ4v) is 3.61. The van der Waals surface area contributed by atoms with Gasteiger partial charge in [0.05, 0.1) is 6.61 Å². The summed E-state index contributed by atoms with van der Waals surface area (Å²) in [5.41, 5.74) is 1.94. The molecule has 9 nitrogen and oxygen atoms in total. The van der Waals surface area contributed by atoms with Crippen molar-refractivity contribution in [1.29, 1.82) is 0 Å². The van der Waals surface area contributed by atoms with Gasteiger partial charge < -0.3 is 40.3 Å². The van der Waals surface area contributed by atoms with Crippen LogP contribution in [-0.4, -0.2) is 68.8 Å². The zero-order valence-corrected chi connectivity index (χ0v) is 18.4. The first-order valence-electron chi connectivity index (χ1n) is 11.0. The lowest BCUT2D eigenvalue weighted by Crippen LogP contribution is -2.60. The number of carbonyl (C=O) groups excluding carboxylic acids is 1. The molecule has 3 rings (SSSR count). The summed E-state index contributed by atoms with van der Waals surface area (Å²) in [5, 5.41) is 52.4. The van der Waals surface area contributed by atoms with Crippen molar-refractivity contribution in [2.24, 2.45) is 0 Å². The minimum atomic E-state index is -1.65. The summed E-state index contributed by atoms with van der Waals surface area (Å²) in [4.78, 5) is 12.8. The maximum Gasteiger partial charge on any atom is 0.259 e. The van der Waals surface area contributed by atoms with Gasteiger partial charge in [-0.05, 0) is 36.1 Å². The van der Waals surface area contributed by atoms with E-state index in [0.29, 0.717) is 0 Å². The molecule has 0 radical (unpaired) electrons. The number of phenols is 1. The Hall–Kier alpha value is -2.69. The third-order valence-corrected chi connectivity index (χ3v) is 5.62. The average Bonchev–Trinajstić information content (AvgIpc) is 2.82. The topological polar surface area (TPSA) is 149 Å². The van der Waals surface area contributed by atoms with Crippen LogP contribution in [0.1, 0.15) is 41.3 Å². The highest BCUT2D eigenvalue weighted by Crippen LogP contribution is 2.31. The van der Waals surface area contributed by atoms with Crippen molar-refractivity contribution in [1.82, 2.24) is 5.32 Å². The minimum Gasteiger partial charge on any atom is -0.507 e. The molecule has 5 atom stereocenters. The Labute approximate surface area is 192 Å². The Bertz CT molecular complexity index is 917. The normalized spacial score (nSPS) is 24.9. The summed E-state index contributed by atoms with van der Waals surface area (Å²) >= 11 is 0. The van der Waals surface area contributed by atoms with Crippen LogP contribution in [0.15, 0.2) is 42.5 Å². The molecule has 0 aromatic heterocycles. The predicted octanol–water partition coefficient (Wildman–Crippen LogP) is 0.843. The number of hydrogen-bond acceptors (Lipinski definition) is 8. The molecule has 0 spiro atoms. The second kappa shape index (κ2) is 11.4. The Morgan fingerprint density at radius 1 is 1.03 bits per heavy atom. The molecule has 1 heterocycles. The van der Waals surface area contributed by atoms with Crippen LogP contribution in [0, 0.1) is 0 Å². The number of rotatable bonds is 9. The zero-order valence-electron chi connectivity index (χ0n) is 18.4. The molecule has 0 aliphatic carbocycles. The number of aromatic hydroxyl groups is 1. The van der Waals surface area contributed by atoms with Crippen LogP contribution in [0.25, 0.3) is 0 Å². The van der Waals surface area contributed by atoms with Crippen molar-refractivity contribution in [3.05, 3.63) is 59.2 Å². The number of carbonyl (C=O) groups is 1. The Morgan fingerprint density at radius 3 is 2.39 bits per heavy atom. The first-order valence-corrected chi connectivity index (χ1v) is 11.0. The largest absolute Gasteiger partial charge is 0.507 e. The van der Waals surface area contributed by atoms with Crippen LogP contribution < -0.4 is 10.1 Å². The summed E-state index contributed by atoms with van der Waals surface area (Å²) in [6.45, 7) is 1.74. The van der Waals surface area contributed by atoms with Gasteiger partial charge in [-0.2, -0.15) is 0 Å². The van der Waals surface area contributed by atoms with Gasteiger partial charge in [0.25, 0.3) is 5.91 Å². The van der Waals surface area contributed by atoms with Gasteiger partial charge in [-0.3, -0.25) is 4.79 Å². The molecule has 6 N–H and O–H groups in total. The highest BCUT2D eigenvalue weighted by molar-refractivity contribution is 5.99. The van der Waals surface area contributed by atoms with E-state index in [1.807, 2.05) is 24.3 Å². The van der Waals surface area contributed by atoms with Crippen LogP contribution in [0.5, 0.6) is 11.5 Å². The van der Waals surface area contributed by atoms with E-state index in [1.54, 1.807) is 0 Å². The van der Waals surface area contributed by atoms with Crippen molar-refractivity contribution >= 4 is 5.91 Å². The standard InChI is InChI=1S/C24H31NO8/c1-2-3-5-14-8-10-15(11-9-14)12-25-23(31)19-16(27)6-4-7-17(19)32-24-22(30)21(29)20(28)18(13-26)33-24/h4,6-11,18,20-22,24,26-30H,2-3,5,12-13H2,1H3,(H,25,31)/t18-,20-,21+,22-,24-/m1/s1. The van der Waals surface area contributed by atoms with Crippen molar-refractivity contribution < 1.29 is 39.8 Å². The number of benzene rings is 2. The van der Waals surface area contributed by atoms with Crippen LogP contribution >= 0.6 is 0 Å². The number of aryl methyl sites for hydroxylation is 1. The predicted molar refractivity (Wildman–Crippen MR) is 119 cm³/mol. The van der Waals surface area contributed by atoms with Gasteiger partial charge in [-0.15, -0.1) is 0 Å². The molecular formula is C24H31NO8. The van der Waals surface area contributed by atoms with Gasteiger partial charge in [0.1, 0.15) is 41.5 Å². The van der Waals surface area contributed by atoms with Crippen molar-refractivity contribution in [3.8, 4) is 11.5 Å². The summed E-state index contributed by atoms with van der Waals surface area (Å²) < 4.78 is 10.9. The van der Waals surface area contributed by atoms with Crippen LogP contribution in [0.4, 0.5) is 0 Å². The first-order chi connectivity index (χ1) is 15.8. The van der Waals surface area contributed by atoms with E-state index in [-0.39, 0.29) is 23.6 Å². The maximum absolute atomic E-state index is 12.8. The molecule has 2 aromatic rings. The molecule has 180 valence electrons. The molecule has 1 aliphatic rings. The van der Waals surface area contributed by atoms with Gasteiger partial charge in [0.15, 0.2) is 0 Å². The fraction of sp³-hybridized carbons (Fsp3) is 0.458. The van der Waals surface area contributed by atoms with Gasteiger partial charge >= 0.3 is 0 Å². The quantitative estimate of drug-likeness (QED) is 0.322. The van der Waals surface area contributed by atoms with E-state index in [2.05, 4.69) is 12.2 Å². The molecule has 9 heteroatoms. The molecule has 1 fully saturated rings. The molecule has 0 saturated carbocycles. The summed E-state index contributed by atoms with van der Waals surface area (Å²) in [6, 6.07) is 12.1. The highest BCUT2D eigenvalue weighted by atomic mass is 16.7. The van der Waals surface area contributed by atoms with Crippen molar-refractivity contribution in [3.63, 3.8) is 0 Å². The van der Waals surface area contributed by atoms with Gasteiger partial charge in [0, 0.05) is 6.54 Å². The lowest BCUT2D eigenvalue weighted by Gasteiger charge is -2.39. The molecule has 1 aliphatic heterocycles. The second-order valence-electron chi connectivity index (χ2n) is 8.07. The monoisotopic (exact) mass is 461 g/mol.